The van der Waals surface area contributed by atoms with Gasteiger partial charge in [-0.25, -0.2) is 17.6 Å². The molecule has 19 heavy (non-hydrogen) atoms. The molecule has 1 heterocycles. The van der Waals surface area contributed by atoms with Crippen molar-refractivity contribution in [1.29, 1.82) is 0 Å². The fraction of sp³-hybridized carbons (Fsp3) is 0.417. The van der Waals surface area contributed by atoms with Crippen molar-refractivity contribution >= 4 is 15.8 Å². The summed E-state index contributed by atoms with van der Waals surface area (Å²) in [5.41, 5.74) is -0.253. The van der Waals surface area contributed by atoms with Gasteiger partial charge >= 0.3 is 5.97 Å². The third kappa shape index (κ3) is 2.76. The number of hydrogen-bond donors (Lipinski definition) is 1. The molecular weight excluding hydrogens is 275 g/mol. The average molecular weight is 288 g/mol. The monoisotopic (exact) mass is 288 g/mol. The van der Waals surface area contributed by atoms with Crippen LogP contribution < -0.4 is 0 Å². The summed E-state index contributed by atoms with van der Waals surface area (Å²) in [7, 11) is -3.91. The number of ether oxygens (including phenoxy) is 1. The van der Waals surface area contributed by atoms with Crippen molar-refractivity contribution in [3.8, 4) is 0 Å². The number of carboxylic acid groups (broad SMARTS) is 1. The van der Waals surface area contributed by atoms with Gasteiger partial charge in [-0.15, -0.1) is 0 Å². The summed E-state index contributed by atoms with van der Waals surface area (Å²) >= 11 is 0. The van der Waals surface area contributed by atoms with Crippen LogP contribution in [-0.4, -0.2) is 38.0 Å². The first-order chi connectivity index (χ1) is 8.93. The highest BCUT2D eigenvalue weighted by Crippen LogP contribution is 2.25. The highest BCUT2D eigenvalue weighted by molar-refractivity contribution is 7.92. The molecule has 1 aromatic rings. The van der Waals surface area contributed by atoms with Gasteiger partial charge < -0.3 is 9.84 Å². The van der Waals surface area contributed by atoms with Gasteiger partial charge in [0.2, 0.25) is 0 Å². The number of carbonyl (C=O) groups is 1. The fourth-order valence-electron chi connectivity index (χ4n) is 1.99. The van der Waals surface area contributed by atoms with Crippen LogP contribution in [0.4, 0.5) is 4.39 Å². The lowest BCUT2D eigenvalue weighted by Crippen LogP contribution is -2.31. The molecule has 1 aliphatic heterocycles. The molecule has 2 rings (SSSR count). The van der Waals surface area contributed by atoms with Crippen molar-refractivity contribution in [3.63, 3.8) is 0 Å². The van der Waals surface area contributed by atoms with Gasteiger partial charge in [0.25, 0.3) is 0 Å². The molecule has 1 aliphatic rings. The molecule has 0 amide bonds. The minimum Gasteiger partial charge on any atom is -0.478 e. The van der Waals surface area contributed by atoms with Gasteiger partial charge in [0.05, 0.1) is 17.4 Å². The molecule has 7 heteroatoms. The van der Waals surface area contributed by atoms with E-state index in [1.165, 1.54) is 0 Å². The van der Waals surface area contributed by atoms with Crippen LogP contribution in [0.1, 0.15) is 23.2 Å². The summed E-state index contributed by atoms with van der Waals surface area (Å²) in [6, 6.07) is 2.76. The minimum absolute atomic E-state index is 0.0130. The van der Waals surface area contributed by atoms with Crippen molar-refractivity contribution in [1.82, 2.24) is 0 Å². The number of benzene rings is 1. The number of sulfone groups is 1. The molecule has 0 radical (unpaired) electrons. The number of rotatable bonds is 3. The van der Waals surface area contributed by atoms with E-state index in [1.807, 2.05) is 0 Å². The van der Waals surface area contributed by atoms with Crippen LogP contribution in [0.25, 0.3) is 0 Å². The van der Waals surface area contributed by atoms with E-state index in [4.69, 9.17) is 9.84 Å². The molecule has 1 unspecified atom stereocenters. The number of aromatic carboxylic acids is 1. The predicted molar refractivity (Wildman–Crippen MR) is 64.4 cm³/mol. The van der Waals surface area contributed by atoms with Gasteiger partial charge in [0.1, 0.15) is 10.7 Å². The van der Waals surface area contributed by atoms with E-state index in [1.54, 1.807) is 0 Å². The lowest BCUT2D eigenvalue weighted by molar-refractivity contribution is 0.0696. The van der Waals surface area contributed by atoms with E-state index < -0.39 is 31.8 Å². The Morgan fingerprint density at radius 3 is 2.74 bits per heavy atom. The Kier molecular flexibility index (Phi) is 3.86. The fourth-order valence-corrected chi connectivity index (χ4v) is 3.73. The maximum atomic E-state index is 13.7. The van der Waals surface area contributed by atoms with Crippen LogP contribution in [0, 0.1) is 5.82 Å². The lowest BCUT2D eigenvalue weighted by Gasteiger charge is -2.22. The molecule has 0 aliphatic carbocycles. The van der Waals surface area contributed by atoms with E-state index in [2.05, 4.69) is 0 Å². The van der Waals surface area contributed by atoms with Gasteiger partial charge in [0, 0.05) is 6.61 Å². The second kappa shape index (κ2) is 5.26. The van der Waals surface area contributed by atoms with Crippen LogP contribution in [0.5, 0.6) is 0 Å². The zero-order chi connectivity index (χ0) is 14.0. The minimum atomic E-state index is -3.91. The Morgan fingerprint density at radius 2 is 2.16 bits per heavy atom. The summed E-state index contributed by atoms with van der Waals surface area (Å²) in [6.07, 6.45) is 0.975. The van der Waals surface area contributed by atoms with Crippen LogP contribution in [-0.2, 0) is 14.6 Å². The lowest BCUT2D eigenvalue weighted by atomic mass is 10.2. The zero-order valence-electron chi connectivity index (χ0n) is 10.0. The Labute approximate surface area is 109 Å². The molecule has 1 saturated heterocycles. The smallest absolute Gasteiger partial charge is 0.335 e. The van der Waals surface area contributed by atoms with E-state index in [0.717, 1.165) is 18.2 Å². The summed E-state index contributed by atoms with van der Waals surface area (Å²) in [5.74, 6) is -2.23. The van der Waals surface area contributed by atoms with Crippen LogP contribution in [0.2, 0.25) is 0 Å². The third-order valence-electron chi connectivity index (χ3n) is 3.04. The molecule has 0 bridgehead atoms. The summed E-state index contributed by atoms with van der Waals surface area (Å²) in [5, 5.41) is 8.01. The van der Waals surface area contributed by atoms with Gasteiger partial charge in [0.15, 0.2) is 9.84 Å². The van der Waals surface area contributed by atoms with Gasteiger partial charge in [-0.05, 0) is 31.0 Å². The molecule has 5 nitrogen and oxygen atoms in total. The third-order valence-corrected chi connectivity index (χ3v) is 5.22. The Hall–Kier alpha value is -1.47. The summed E-state index contributed by atoms with van der Waals surface area (Å²) < 4.78 is 43.3. The molecule has 1 atom stereocenters. The maximum absolute atomic E-state index is 13.7. The van der Waals surface area contributed by atoms with Crippen LogP contribution in [0.15, 0.2) is 23.1 Å². The molecule has 1 fully saturated rings. The zero-order valence-corrected chi connectivity index (χ0v) is 10.8. The molecule has 1 N–H and O–H groups in total. The SMILES string of the molecule is O=C(O)c1ccc(F)c(S(=O)(=O)C2CCCOC2)c1. The maximum Gasteiger partial charge on any atom is 0.335 e. The largest absolute Gasteiger partial charge is 0.478 e. The van der Waals surface area contributed by atoms with Crippen molar-refractivity contribution in [2.75, 3.05) is 13.2 Å². The van der Waals surface area contributed by atoms with E-state index in [0.29, 0.717) is 19.4 Å². The van der Waals surface area contributed by atoms with Crippen molar-refractivity contribution < 1.29 is 27.4 Å². The number of halogens is 1. The highest BCUT2D eigenvalue weighted by atomic mass is 32.2. The highest BCUT2D eigenvalue weighted by Gasteiger charge is 2.32. The topological polar surface area (TPSA) is 80.7 Å². The molecule has 104 valence electrons. The summed E-state index contributed by atoms with van der Waals surface area (Å²) in [6.45, 7) is 0.503. The number of carboxylic acids is 1. The van der Waals surface area contributed by atoms with Crippen molar-refractivity contribution in [2.24, 2.45) is 0 Å². The van der Waals surface area contributed by atoms with E-state index in [9.17, 15) is 17.6 Å². The molecule has 1 aromatic carbocycles. The number of hydrogen-bond acceptors (Lipinski definition) is 4. The van der Waals surface area contributed by atoms with Gasteiger partial charge in [-0.3, -0.25) is 0 Å². The average Bonchev–Trinajstić information content (AvgIpc) is 2.39. The van der Waals surface area contributed by atoms with E-state index >= 15 is 0 Å². The second-order valence-corrected chi connectivity index (χ2v) is 6.53. The molecule has 0 saturated carbocycles. The first kappa shape index (κ1) is 14.0. The first-order valence-corrected chi connectivity index (χ1v) is 7.32. The Morgan fingerprint density at radius 1 is 1.42 bits per heavy atom. The molecule has 0 spiro atoms. The first-order valence-electron chi connectivity index (χ1n) is 5.77. The van der Waals surface area contributed by atoms with Crippen LogP contribution >= 0.6 is 0 Å². The van der Waals surface area contributed by atoms with Gasteiger partial charge in [-0.2, -0.15) is 0 Å². The second-order valence-electron chi connectivity index (χ2n) is 4.33. The van der Waals surface area contributed by atoms with Gasteiger partial charge in [-0.1, -0.05) is 0 Å². The molecule has 0 aromatic heterocycles. The Balaban J connectivity index is 2.44. The molecular formula is C12H13FO5S. The van der Waals surface area contributed by atoms with Crippen LogP contribution in [0.3, 0.4) is 0 Å². The quantitative estimate of drug-likeness (QED) is 0.911. The van der Waals surface area contributed by atoms with Crippen molar-refractivity contribution in [2.45, 2.75) is 23.0 Å². The predicted octanol–water partition coefficient (Wildman–Crippen LogP) is 1.48. The van der Waals surface area contributed by atoms with Crippen molar-refractivity contribution in [3.05, 3.63) is 29.6 Å². The standard InChI is InChI=1S/C12H13FO5S/c13-10-4-3-8(12(14)15)6-11(10)19(16,17)9-2-1-5-18-7-9/h3-4,6,9H,1-2,5,7H2,(H,14,15). The van der Waals surface area contributed by atoms with E-state index in [-0.39, 0.29) is 12.2 Å². The normalized spacial score (nSPS) is 20.2. The summed E-state index contributed by atoms with van der Waals surface area (Å²) in [4.78, 5) is 10.3. The Bertz CT molecular complexity index is 590.